The normalized spacial score (nSPS) is 20.7. The Hall–Kier alpha value is -5.03. The summed E-state index contributed by atoms with van der Waals surface area (Å²) in [6.45, 7) is 2.09. The molecule has 5 aromatic heterocycles. The molecule has 1 aromatic carbocycles. The topological polar surface area (TPSA) is 122 Å². The third-order valence-electron chi connectivity index (χ3n) is 10.1. The van der Waals surface area contributed by atoms with Gasteiger partial charge < -0.3 is 24.5 Å². The van der Waals surface area contributed by atoms with Gasteiger partial charge in [-0.2, -0.15) is 5.10 Å². The molecular formula is C35H35N9O2. The molecule has 2 N–H and O–H groups in total. The van der Waals surface area contributed by atoms with Gasteiger partial charge in [-0.3, -0.25) is 9.78 Å². The van der Waals surface area contributed by atoms with E-state index in [-0.39, 0.29) is 18.0 Å². The second-order valence-electron chi connectivity index (χ2n) is 13.0. The van der Waals surface area contributed by atoms with Gasteiger partial charge in [0.25, 0.3) is 5.91 Å². The van der Waals surface area contributed by atoms with Gasteiger partial charge in [0, 0.05) is 60.3 Å². The van der Waals surface area contributed by atoms with Crippen LogP contribution in [0.2, 0.25) is 0 Å². The predicted molar refractivity (Wildman–Crippen MR) is 174 cm³/mol. The number of imidazole rings is 1. The molecule has 11 heteroatoms. The summed E-state index contributed by atoms with van der Waals surface area (Å²) in [5, 5.41) is 5.71. The highest BCUT2D eigenvalue weighted by Gasteiger charge is 2.47. The molecule has 46 heavy (non-hydrogen) atoms. The highest BCUT2D eigenvalue weighted by molar-refractivity contribution is 6.00. The number of nitrogens with zero attached hydrogens (tertiary/aromatic N) is 8. The van der Waals surface area contributed by atoms with Crippen LogP contribution in [0, 0.1) is 11.8 Å². The fraction of sp³-hybridized carbons (Fsp3) is 0.343. The summed E-state index contributed by atoms with van der Waals surface area (Å²) in [5.41, 5.74) is 12.4. The van der Waals surface area contributed by atoms with Crippen LogP contribution in [0.4, 0.5) is 0 Å². The molecule has 2 saturated carbocycles. The summed E-state index contributed by atoms with van der Waals surface area (Å²) in [5.74, 6) is 2.40. The second kappa shape index (κ2) is 10.5. The molecule has 0 spiro atoms. The smallest absolute Gasteiger partial charge is 0.254 e. The van der Waals surface area contributed by atoms with Gasteiger partial charge in [-0.25, -0.2) is 14.6 Å². The Morgan fingerprint density at radius 1 is 1.04 bits per heavy atom. The van der Waals surface area contributed by atoms with Crippen molar-refractivity contribution in [3.8, 4) is 23.0 Å². The summed E-state index contributed by atoms with van der Waals surface area (Å²) in [6.07, 6.45) is 13.8. The third-order valence-corrected chi connectivity index (χ3v) is 10.1. The third kappa shape index (κ3) is 4.40. The maximum Gasteiger partial charge on any atom is 0.254 e. The van der Waals surface area contributed by atoms with Crippen LogP contribution in [0.5, 0.6) is 5.75 Å². The average molecular weight is 614 g/mol. The summed E-state index contributed by atoms with van der Waals surface area (Å²) >= 11 is 0. The number of hydrogen-bond acceptors (Lipinski definition) is 7. The Bertz CT molecular complexity index is 2110. The second-order valence-corrected chi connectivity index (χ2v) is 13.0. The SMILES string of the molecule is COc1cc(C(=O)N2CC3CCC2[C@@H]3N)cc2nc(-c3cc4cccnc4n3CC3CC3)n(Cc3cnn(-c4cccnc4)c3)c12. The molecular weight excluding hydrogens is 578 g/mol. The first kappa shape index (κ1) is 27.3. The van der Waals surface area contributed by atoms with Crippen LogP contribution < -0.4 is 10.5 Å². The van der Waals surface area contributed by atoms with Gasteiger partial charge in [-0.15, -0.1) is 0 Å². The van der Waals surface area contributed by atoms with E-state index in [0.29, 0.717) is 41.8 Å². The average Bonchev–Trinajstić information content (AvgIpc) is 3.40. The molecule has 1 aliphatic heterocycles. The number of methoxy groups -OCH3 is 1. The van der Waals surface area contributed by atoms with E-state index in [9.17, 15) is 4.79 Å². The fourth-order valence-electron chi connectivity index (χ4n) is 7.58. The van der Waals surface area contributed by atoms with Gasteiger partial charge in [0.15, 0.2) is 5.82 Å². The molecule has 2 aliphatic carbocycles. The lowest BCUT2D eigenvalue weighted by Gasteiger charge is -2.27. The molecule has 3 aliphatic rings. The molecule has 3 fully saturated rings. The van der Waals surface area contributed by atoms with Crippen LogP contribution in [0.3, 0.4) is 0 Å². The summed E-state index contributed by atoms with van der Waals surface area (Å²) in [4.78, 5) is 30.2. The first-order chi connectivity index (χ1) is 22.6. The maximum atomic E-state index is 13.9. The van der Waals surface area contributed by atoms with Crippen molar-refractivity contribution >= 4 is 28.0 Å². The van der Waals surface area contributed by atoms with Crippen LogP contribution in [0.1, 0.15) is 41.6 Å². The molecule has 1 amide bonds. The highest BCUT2D eigenvalue weighted by Crippen LogP contribution is 2.40. The van der Waals surface area contributed by atoms with Gasteiger partial charge >= 0.3 is 0 Å². The highest BCUT2D eigenvalue weighted by atomic mass is 16.5. The number of ether oxygens (including phenoxy) is 1. The van der Waals surface area contributed by atoms with E-state index in [0.717, 1.165) is 58.7 Å². The van der Waals surface area contributed by atoms with Crippen molar-refractivity contribution in [2.75, 3.05) is 13.7 Å². The minimum atomic E-state index is -0.0104. The van der Waals surface area contributed by atoms with Crippen molar-refractivity contribution in [1.29, 1.82) is 0 Å². The molecule has 3 atom stereocenters. The van der Waals surface area contributed by atoms with Crippen molar-refractivity contribution in [1.82, 2.24) is 38.8 Å². The van der Waals surface area contributed by atoms with Gasteiger partial charge in [0.2, 0.25) is 0 Å². The zero-order valence-corrected chi connectivity index (χ0v) is 25.7. The number of aromatic nitrogens is 7. The standard InChI is InChI=1S/C35H35N9O2/c1-46-30-14-25(35(45)42-20-24-8-9-28(42)31(24)36)12-27-32(30)43(18-22-15-39-44(19-22)26-5-3-10-37-16-26)34(40-27)29-13-23-4-2-11-38-33(23)41(29)17-21-6-7-21/h2-5,10-16,19,21,24,28,31H,6-9,17-18,20,36H2,1H3/t24?,28?,31-/m1/s1. The van der Waals surface area contributed by atoms with E-state index < -0.39 is 0 Å². The van der Waals surface area contributed by atoms with E-state index in [1.54, 1.807) is 19.5 Å². The van der Waals surface area contributed by atoms with Gasteiger partial charge in [-0.05, 0) is 80.0 Å². The van der Waals surface area contributed by atoms with Crippen LogP contribution in [0.15, 0.2) is 73.4 Å². The maximum absolute atomic E-state index is 13.9. The summed E-state index contributed by atoms with van der Waals surface area (Å²) in [6, 6.07) is 14.1. The van der Waals surface area contributed by atoms with E-state index in [2.05, 4.69) is 31.3 Å². The molecule has 2 unspecified atom stereocenters. The predicted octanol–water partition coefficient (Wildman–Crippen LogP) is 4.66. The molecule has 6 aromatic rings. The van der Waals surface area contributed by atoms with E-state index in [1.807, 2.05) is 58.5 Å². The van der Waals surface area contributed by atoms with Crippen LogP contribution in [-0.2, 0) is 13.1 Å². The quantitative estimate of drug-likeness (QED) is 0.265. The molecule has 0 radical (unpaired) electrons. The van der Waals surface area contributed by atoms with Crippen molar-refractivity contribution in [2.24, 2.45) is 17.6 Å². The van der Waals surface area contributed by atoms with E-state index in [4.69, 9.17) is 20.4 Å². The van der Waals surface area contributed by atoms with Gasteiger partial charge in [0.1, 0.15) is 16.9 Å². The van der Waals surface area contributed by atoms with E-state index in [1.165, 1.54) is 12.8 Å². The lowest BCUT2D eigenvalue weighted by Crippen LogP contribution is -2.41. The number of fused-ring (bicyclic) bond motifs is 4. The number of likely N-dealkylation sites (tertiary alicyclic amines) is 1. The van der Waals surface area contributed by atoms with Gasteiger partial charge in [-0.1, -0.05) is 0 Å². The van der Waals surface area contributed by atoms with E-state index >= 15 is 0 Å². The number of nitrogens with two attached hydrogens (primary N) is 1. The largest absolute Gasteiger partial charge is 0.494 e. The van der Waals surface area contributed by atoms with Crippen molar-refractivity contribution in [2.45, 2.75) is 50.9 Å². The Labute approximate surface area is 265 Å². The van der Waals surface area contributed by atoms with Crippen molar-refractivity contribution in [3.63, 3.8) is 0 Å². The first-order valence-electron chi connectivity index (χ1n) is 16.1. The Kier molecular flexibility index (Phi) is 6.24. The lowest BCUT2D eigenvalue weighted by atomic mass is 10.1. The van der Waals surface area contributed by atoms with Crippen molar-refractivity contribution in [3.05, 3.63) is 84.6 Å². The van der Waals surface area contributed by atoms with Crippen LogP contribution >= 0.6 is 0 Å². The Morgan fingerprint density at radius 2 is 1.93 bits per heavy atom. The summed E-state index contributed by atoms with van der Waals surface area (Å²) < 4.78 is 12.4. The number of pyridine rings is 2. The van der Waals surface area contributed by atoms with Crippen LogP contribution in [0.25, 0.3) is 39.3 Å². The molecule has 1 saturated heterocycles. The van der Waals surface area contributed by atoms with Crippen LogP contribution in [-0.4, -0.2) is 70.4 Å². The number of carbonyl (C=O) groups excluding carboxylic acids is 1. The summed E-state index contributed by atoms with van der Waals surface area (Å²) in [7, 11) is 1.65. The first-order valence-corrected chi connectivity index (χ1v) is 16.1. The molecule has 9 rings (SSSR count). The Balaban J connectivity index is 1.20. The monoisotopic (exact) mass is 613 g/mol. The van der Waals surface area contributed by atoms with Crippen molar-refractivity contribution < 1.29 is 9.53 Å². The number of benzene rings is 1. The molecule has 232 valence electrons. The minimum Gasteiger partial charge on any atom is -0.494 e. The zero-order valence-electron chi connectivity index (χ0n) is 25.7. The minimum absolute atomic E-state index is 0.0104. The number of piperidine rings is 1. The number of carbonyl (C=O) groups is 1. The molecule has 11 nitrogen and oxygen atoms in total. The molecule has 2 bridgehead atoms. The zero-order chi connectivity index (χ0) is 30.9. The number of rotatable bonds is 8. The molecule has 6 heterocycles. The number of amides is 1. The Morgan fingerprint density at radius 3 is 2.70 bits per heavy atom. The lowest BCUT2D eigenvalue weighted by molar-refractivity contribution is 0.0700. The fourth-order valence-corrected chi connectivity index (χ4v) is 7.58. The number of hydrogen-bond donors (Lipinski definition) is 1. The van der Waals surface area contributed by atoms with Gasteiger partial charge in [0.05, 0.1) is 42.9 Å².